The molecule has 0 radical (unpaired) electrons. The lowest BCUT2D eigenvalue weighted by Gasteiger charge is -2.30. The summed E-state index contributed by atoms with van der Waals surface area (Å²) in [5.74, 6) is -1.29. The van der Waals surface area contributed by atoms with Gasteiger partial charge in [-0.3, -0.25) is 14.5 Å². The molecule has 0 bridgehead atoms. The molecule has 1 aromatic heterocycles. The number of rotatable bonds is 6. The fourth-order valence-corrected chi connectivity index (χ4v) is 3.67. The van der Waals surface area contributed by atoms with Crippen LogP contribution >= 0.6 is 0 Å². The van der Waals surface area contributed by atoms with Crippen LogP contribution in [0.5, 0.6) is 0 Å². The SMILES string of the molecule is O=C(CN1C(=O)NC2(CCCCC2)C1=O)NCCNc1ncccc1C(F)(F)F. The van der Waals surface area contributed by atoms with Crippen LogP contribution in [0, 0.1) is 0 Å². The number of nitrogens with zero attached hydrogens (tertiary/aromatic N) is 2. The van der Waals surface area contributed by atoms with E-state index in [4.69, 9.17) is 0 Å². The number of pyridine rings is 1. The summed E-state index contributed by atoms with van der Waals surface area (Å²) < 4.78 is 38.7. The maximum atomic E-state index is 12.9. The van der Waals surface area contributed by atoms with E-state index in [0.29, 0.717) is 12.8 Å². The molecule has 0 aromatic carbocycles. The minimum absolute atomic E-state index is 0.00149. The number of imide groups is 1. The molecule has 158 valence electrons. The van der Waals surface area contributed by atoms with E-state index in [1.165, 1.54) is 12.3 Å². The first-order chi connectivity index (χ1) is 13.7. The number of carbonyl (C=O) groups is 3. The Bertz CT molecular complexity index is 793. The molecular weight excluding hydrogens is 391 g/mol. The number of hydrogen-bond acceptors (Lipinski definition) is 5. The van der Waals surface area contributed by atoms with E-state index >= 15 is 0 Å². The topological polar surface area (TPSA) is 103 Å². The van der Waals surface area contributed by atoms with Crippen molar-refractivity contribution in [3.05, 3.63) is 23.9 Å². The Morgan fingerprint density at radius 2 is 1.93 bits per heavy atom. The Kier molecular flexibility index (Phi) is 5.94. The standard InChI is InChI=1S/C18H22F3N5O3/c19-18(20,21)12-5-4-8-23-14(12)24-10-9-22-13(27)11-26-15(28)17(25-16(26)29)6-2-1-3-7-17/h4-5,8H,1-3,6-7,9-11H2,(H,22,27)(H,23,24)(H,25,29). The average Bonchev–Trinajstić information content (AvgIpc) is 2.89. The van der Waals surface area contributed by atoms with Crippen molar-refractivity contribution in [2.24, 2.45) is 0 Å². The second-order valence-electron chi connectivity index (χ2n) is 7.14. The van der Waals surface area contributed by atoms with Crippen molar-refractivity contribution in [2.75, 3.05) is 25.0 Å². The largest absolute Gasteiger partial charge is 0.419 e. The van der Waals surface area contributed by atoms with Crippen LogP contribution in [-0.2, 0) is 15.8 Å². The van der Waals surface area contributed by atoms with E-state index in [0.717, 1.165) is 30.2 Å². The van der Waals surface area contributed by atoms with Crippen molar-refractivity contribution in [1.82, 2.24) is 20.5 Å². The first kappa shape index (κ1) is 20.9. The molecule has 2 heterocycles. The molecular formula is C18H22F3N5O3. The van der Waals surface area contributed by atoms with Crippen molar-refractivity contribution in [3.8, 4) is 0 Å². The molecule has 4 amide bonds. The van der Waals surface area contributed by atoms with Gasteiger partial charge in [-0.15, -0.1) is 0 Å². The predicted octanol–water partition coefficient (Wildman–Crippen LogP) is 1.88. The highest BCUT2D eigenvalue weighted by molar-refractivity contribution is 6.09. The van der Waals surface area contributed by atoms with Gasteiger partial charge in [-0.2, -0.15) is 13.2 Å². The molecule has 2 fully saturated rings. The van der Waals surface area contributed by atoms with Crippen LogP contribution in [0.3, 0.4) is 0 Å². The van der Waals surface area contributed by atoms with Crippen molar-refractivity contribution in [1.29, 1.82) is 0 Å². The Hall–Kier alpha value is -2.85. The molecule has 3 rings (SSSR count). The van der Waals surface area contributed by atoms with Gasteiger partial charge >= 0.3 is 12.2 Å². The van der Waals surface area contributed by atoms with Gasteiger partial charge in [-0.25, -0.2) is 9.78 Å². The quantitative estimate of drug-likeness (QED) is 0.488. The van der Waals surface area contributed by atoms with E-state index < -0.39 is 41.7 Å². The molecule has 0 unspecified atom stereocenters. The lowest BCUT2D eigenvalue weighted by molar-refractivity contribution is -0.137. The number of carbonyl (C=O) groups excluding carboxylic acids is 3. The molecule has 1 spiro atoms. The van der Waals surface area contributed by atoms with Crippen molar-refractivity contribution in [2.45, 2.75) is 43.8 Å². The summed E-state index contributed by atoms with van der Waals surface area (Å²) in [6.45, 7) is -0.429. The fourth-order valence-electron chi connectivity index (χ4n) is 3.67. The third-order valence-corrected chi connectivity index (χ3v) is 5.11. The van der Waals surface area contributed by atoms with Gasteiger partial charge in [0, 0.05) is 19.3 Å². The Labute approximate surface area is 165 Å². The van der Waals surface area contributed by atoms with E-state index in [1.54, 1.807) is 0 Å². The summed E-state index contributed by atoms with van der Waals surface area (Å²) in [6, 6.07) is 1.51. The smallest absolute Gasteiger partial charge is 0.368 e. The van der Waals surface area contributed by atoms with Gasteiger partial charge in [0.15, 0.2) is 0 Å². The summed E-state index contributed by atoms with van der Waals surface area (Å²) >= 11 is 0. The van der Waals surface area contributed by atoms with Gasteiger partial charge in [0.2, 0.25) is 5.91 Å². The molecule has 1 saturated carbocycles. The zero-order chi connectivity index (χ0) is 21.1. The minimum Gasteiger partial charge on any atom is -0.368 e. The third-order valence-electron chi connectivity index (χ3n) is 5.11. The Morgan fingerprint density at radius 3 is 2.62 bits per heavy atom. The number of urea groups is 1. The van der Waals surface area contributed by atoms with E-state index in [1.807, 2.05) is 0 Å². The van der Waals surface area contributed by atoms with Crippen molar-refractivity contribution in [3.63, 3.8) is 0 Å². The molecule has 1 aliphatic heterocycles. The van der Waals surface area contributed by atoms with Crippen LogP contribution in [0.1, 0.15) is 37.7 Å². The monoisotopic (exact) mass is 413 g/mol. The van der Waals surface area contributed by atoms with Crippen LogP contribution in [0.25, 0.3) is 0 Å². The summed E-state index contributed by atoms with van der Waals surface area (Å²) in [5, 5.41) is 7.73. The molecule has 8 nitrogen and oxygen atoms in total. The second-order valence-corrected chi connectivity index (χ2v) is 7.14. The summed E-state index contributed by atoms with van der Waals surface area (Å²) in [5.41, 5.74) is -1.80. The molecule has 1 aromatic rings. The minimum atomic E-state index is -4.54. The number of aromatic nitrogens is 1. The molecule has 11 heteroatoms. The molecule has 1 aliphatic carbocycles. The second kappa shape index (κ2) is 8.26. The number of amides is 4. The summed E-state index contributed by atoms with van der Waals surface area (Å²) in [4.78, 5) is 41.4. The number of hydrogen-bond donors (Lipinski definition) is 3. The number of halogens is 3. The highest BCUT2D eigenvalue weighted by Gasteiger charge is 2.51. The van der Waals surface area contributed by atoms with Gasteiger partial charge in [0.25, 0.3) is 5.91 Å². The van der Waals surface area contributed by atoms with Gasteiger partial charge in [0.1, 0.15) is 17.9 Å². The zero-order valence-electron chi connectivity index (χ0n) is 15.6. The molecule has 0 atom stereocenters. The highest BCUT2D eigenvalue weighted by Crippen LogP contribution is 2.34. The molecule has 1 saturated heterocycles. The number of anilines is 1. The lowest BCUT2D eigenvalue weighted by atomic mass is 9.82. The molecule has 29 heavy (non-hydrogen) atoms. The number of nitrogens with one attached hydrogen (secondary N) is 3. The van der Waals surface area contributed by atoms with Crippen molar-refractivity contribution < 1.29 is 27.6 Å². The van der Waals surface area contributed by atoms with Crippen molar-refractivity contribution >= 4 is 23.7 Å². The lowest BCUT2D eigenvalue weighted by Crippen LogP contribution is -2.49. The van der Waals surface area contributed by atoms with Crippen LogP contribution in [0.2, 0.25) is 0 Å². The van der Waals surface area contributed by atoms with Gasteiger partial charge in [0.05, 0.1) is 5.56 Å². The number of alkyl halides is 3. The summed E-state index contributed by atoms with van der Waals surface area (Å²) in [6.07, 6.45) is 0.491. The highest BCUT2D eigenvalue weighted by atomic mass is 19.4. The maximum absolute atomic E-state index is 12.9. The van der Waals surface area contributed by atoms with Crippen LogP contribution in [0.15, 0.2) is 18.3 Å². The van der Waals surface area contributed by atoms with E-state index in [2.05, 4.69) is 20.9 Å². The van der Waals surface area contributed by atoms with E-state index in [-0.39, 0.29) is 18.9 Å². The average molecular weight is 413 g/mol. The van der Waals surface area contributed by atoms with Crippen LogP contribution in [0.4, 0.5) is 23.8 Å². The zero-order valence-corrected chi connectivity index (χ0v) is 15.6. The molecule has 2 aliphatic rings. The van der Waals surface area contributed by atoms with Gasteiger partial charge < -0.3 is 16.0 Å². The first-order valence-electron chi connectivity index (χ1n) is 9.40. The normalized spacial score (nSPS) is 18.7. The summed E-state index contributed by atoms with van der Waals surface area (Å²) in [7, 11) is 0. The van der Waals surface area contributed by atoms with Gasteiger partial charge in [-0.1, -0.05) is 19.3 Å². The van der Waals surface area contributed by atoms with Crippen LogP contribution < -0.4 is 16.0 Å². The maximum Gasteiger partial charge on any atom is 0.419 e. The Balaban J connectivity index is 1.48. The third kappa shape index (κ3) is 4.60. The fraction of sp³-hybridized carbons (Fsp3) is 0.556. The first-order valence-corrected chi connectivity index (χ1v) is 9.40. The molecule has 3 N–H and O–H groups in total. The predicted molar refractivity (Wildman–Crippen MR) is 96.8 cm³/mol. The van der Waals surface area contributed by atoms with Crippen LogP contribution in [-0.4, -0.2) is 52.9 Å². The Morgan fingerprint density at radius 1 is 1.21 bits per heavy atom. The van der Waals surface area contributed by atoms with Gasteiger partial charge in [-0.05, 0) is 25.0 Å². The van der Waals surface area contributed by atoms with E-state index in [9.17, 15) is 27.6 Å².